The summed E-state index contributed by atoms with van der Waals surface area (Å²) < 4.78 is 0. The normalized spacial score (nSPS) is 7.36. The molecule has 62 valence electrons. The molecule has 1 N–H and O–H groups in total. The van der Waals surface area contributed by atoms with E-state index in [4.69, 9.17) is 0 Å². The Kier molecular flexibility index (Phi) is 11.1. The molecule has 2 radical (unpaired) electrons. The average molecular weight is 370 g/mol. The molecule has 0 aromatic heterocycles. The molecule has 0 amide bonds. The zero-order valence-corrected chi connectivity index (χ0v) is 13.1. The first-order valence-corrected chi connectivity index (χ1v) is 3.22. The van der Waals surface area contributed by atoms with E-state index in [1.165, 1.54) is 5.69 Å². The van der Waals surface area contributed by atoms with Crippen LogP contribution in [0.15, 0.2) is 30.3 Å². The Hall–Kier alpha value is 0.549. The van der Waals surface area contributed by atoms with Gasteiger partial charge in [-0.05, 0) is 19.1 Å². The molecule has 0 aliphatic heterocycles. The van der Waals surface area contributed by atoms with Crippen molar-refractivity contribution in [2.24, 2.45) is 0 Å². The van der Waals surface area contributed by atoms with Gasteiger partial charge in [0.25, 0.3) is 0 Å². The zero-order valence-electron chi connectivity index (χ0n) is 6.71. The number of anilines is 1. The zero-order chi connectivity index (χ0) is 6.53. The predicted octanol–water partition coefficient (Wildman–Crippen LogP) is 1.82. The van der Waals surface area contributed by atoms with E-state index in [0.717, 1.165) is 6.54 Å². The van der Waals surface area contributed by atoms with Gasteiger partial charge >= 0.3 is 23.9 Å². The van der Waals surface area contributed by atoms with Gasteiger partial charge in [0.15, 0.2) is 0 Å². The predicted molar refractivity (Wildman–Crippen MR) is 64.6 cm³/mol. The Balaban J connectivity index is 0. The van der Waals surface area contributed by atoms with Crippen LogP contribution < -0.4 is 5.32 Å². The summed E-state index contributed by atoms with van der Waals surface area (Å²) in [4.78, 5) is 0. The average Bonchev–Trinajstić information content (AvgIpc) is 1.91. The summed E-state index contributed by atoms with van der Waals surface area (Å²) in [5.74, 6) is 0. The molecule has 3 heteroatoms. The fourth-order valence-electron chi connectivity index (χ4n) is 0.760. The van der Waals surface area contributed by atoms with Gasteiger partial charge in [0, 0.05) is 12.2 Å². The molecule has 1 nitrogen and oxygen atoms in total. The van der Waals surface area contributed by atoms with Gasteiger partial charge in [-0.2, -0.15) is 0 Å². The monoisotopic (exact) mass is 371 g/mol. The second-order valence-corrected chi connectivity index (χ2v) is 1.90. The van der Waals surface area contributed by atoms with Crippen molar-refractivity contribution in [1.29, 1.82) is 0 Å². The van der Waals surface area contributed by atoms with E-state index in [-0.39, 0.29) is 47.9 Å². The molecule has 0 atom stereocenters. The quantitative estimate of drug-likeness (QED) is 0.619. The fourth-order valence-corrected chi connectivity index (χ4v) is 0.760. The van der Waals surface area contributed by atoms with Gasteiger partial charge in [-0.3, -0.25) is 0 Å². The van der Waals surface area contributed by atoms with E-state index in [2.05, 4.69) is 24.4 Å². The minimum absolute atomic E-state index is 0. The summed E-state index contributed by atoms with van der Waals surface area (Å²) in [5.41, 5.74) is 1.19. The van der Waals surface area contributed by atoms with Crippen molar-refractivity contribution in [1.82, 2.24) is 0 Å². The topological polar surface area (TPSA) is 12.0 Å². The summed E-state index contributed by atoms with van der Waals surface area (Å²) in [7, 11) is 0. The Labute approximate surface area is 102 Å². The maximum atomic E-state index is 3.21. The van der Waals surface area contributed by atoms with Crippen molar-refractivity contribution in [2.75, 3.05) is 11.9 Å². The number of nitrogens with one attached hydrogen (secondary N) is 1. The third-order valence-corrected chi connectivity index (χ3v) is 1.15. The number of hydrogen-bond donors (Lipinski definition) is 1. The van der Waals surface area contributed by atoms with Crippen molar-refractivity contribution in [2.45, 2.75) is 6.92 Å². The van der Waals surface area contributed by atoms with Crippen LogP contribution in [0.25, 0.3) is 0 Å². The molecule has 11 heavy (non-hydrogen) atoms. The van der Waals surface area contributed by atoms with E-state index >= 15 is 0 Å². The molecule has 1 aromatic rings. The van der Waals surface area contributed by atoms with Gasteiger partial charge in [0.1, 0.15) is 0 Å². The third kappa shape index (κ3) is 5.78. The standard InChI is InChI=1S/C8H11N.HI.Sn.2H/c1-2-9-8-6-4-3-5-7-8;;;;/h3-7,9H,2H2,1H3;1H;;;. The van der Waals surface area contributed by atoms with Gasteiger partial charge in [0.05, 0.1) is 0 Å². The van der Waals surface area contributed by atoms with Gasteiger partial charge in [-0.15, -0.1) is 24.0 Å². The summed E-state index contributed by atoms with van der Waals surface area (Å²) in [5, 5.41) is 3.21. The third-order valence-electron chi connectivity index (χ3n) is 1.15. The van der Waals surface area contributed by atoms with E-state index < -0.39 is 0 Å². The molecule has 1 aromatic carbocycles. The molecule has 0 bridgehead atoms. The molecule has 1 rings (SSSR count). The minimum atomic E-state index is 0. The summed E-state index contributed by atoms with van der Waals surface area (Å²) >= 11 is 0. The van der Waals surface area contributed by atoms with E-state index in [9.17, 15) is 0 Å². The van der Waals surface area contributed by atoms with Crippen LogP contribution in [-0.2, 0) is 0 Å². The van der Waals surface area contributed by atoms with Crippen LogP contribution in [0.1, 0.15) is 6.92 Å². The van der Waals surface area contributed by atoms with Crippen LogP contribution in [0, 0.1) is 0 Å². The molecule has 0 aliphatic carbocycles. The molecule has 0 spiro atoms. The Morgan fingerprint density at radius 1 is 1.18 bits per heavy atom. The molecular formula is C8H14INSn. The Morgan fingerprint density at radius 2 is 1.73 bits per heavy atom. The van der Waals surface area contributed by atoms with E-state index in [1.54, 1.807) is 0 Å². The summed E-state index contributed by atoms with van der Waals surface area (Å²) in [6.07, 6.45) is 0. The molecular weight excluding hydrogens is 356 g/mol. The maximum absolute atomic E-state index is 3.21. The molecule has 0 heterocycles. The van der Waals surface area contributed by atoms with E-state index in [1.807, 2.05) is 18.2 Å². The second kappa shape index (κ2) is 8.64. The Bertz CT molecular complexity index is 167. The molecule has 0 aliphatic rings. The van der Waals surface area contributed by atoms with Crippen LogP contribution in [0.4, 0.5) is 5.69 Å². The van der Waals surface area contributed by atoms with Gasteiger partial charge in [0.2, 0.25) is 0 Å². The summed E-state index contributed by atoms with van der Waals surface area (Å²) in [6.45, 7) is 3.08. The van der Waals surface area contributed by atoms with Crippen molar-refractivity contribution >= 4 is 53.6 Å². The summed E-state index contributed by atoms with van der Waals surface area (Å²) in [6, 6.07) is 10.2. The number of hydrogen-bond acceptors (Lipinski definition) is 1. The first-order valence-electron chi connectivity index (χ1n) is 3.22. The number of halogens is 1. The van der Waals surface area contributed by atoms with Gasteiger partial charge in [-0.1, -0.05) is 18.2 Å². The fraction of sp³-hybridized carbons (Fsp3) is 0.250. The van der Waals surface area contributed by atoms with Crippen LogP contribution in [-0.4, -0.2) is 30.5 Å². The van der Waals surface area contributed by atoms with E-state index in [0.29, 0.717) is 0 Å². The van der Waals surface area contributed by atoms with Crippen LogP contribution in [0.3, 0.4) is 0 Å². The molecule has 0 saturated heterocycles. The SMILES string of the molecule is CCNc1ccccc1.I.[SnH2]. The number of para-hydroxylation sites is 1. The molecule has 0 saturated carbocycles. The van der Waals surface area contributed by atoms with Crippen LogP contribution in [0.2, 0.25) is 0 Å². The first-order chi connectivity index (χ1) is 4.43. The van der Waals surface area contributed by atoms with Crippen LogP contribution >= 0.6 is 24.0 Å². The van der Waals surface area contributed by atoms with Crippen molar-refractivity contribution in [3.63, 3.8) is 0 Å². The van der Waals surface area contributed by atoms with Crippen molar-refractivity contribution in [3.8, 4) is 0 Å². The van der Waals surface area contributed by atoms with Gasteiger partial charge in [-0.25, -0.2) is 0 Å². The molecule has 0 fully saturated rings. The van der Waals surface area contributed by atoms with Crippen molar-refractivity contribution < 1.29 is 0 Å². The van der Waals surface area contributed by atoms with Crippen LogP contribution in [0.5, 0.6) is 0 Å². The number of benzene rings is 1. The first kappa shape index (κ1) is 14.1. The molecule has 0 unspecified atom stereocenters. The number of rotatable bonds is 2. The van der Waals surface area contributed by atoms with Crippen molar-refractivity contribution in [3.05, 3.63) is 30.3 Å². The second-order valence-electron chi connectivity index (χ2n) is 1.90. The van der Waals surface area contributed by atoms with Gasteiger partial charge < -0.3 is 5.32 Å². The Morgan fingerprint density at radius 3 is 2.18 bits per heavy atom.